The number of aryl methyl sites for hydroxylation is 1. The first kappa shape index (κ1) is 11.0. The predicted octanol–water partition coefficient (Wildman–Crippen LogP) is 2.77. The molecular formula is C11H11ClFN3. The van der Waals surface area contributed by atoms with Gasteiger partial charge in [0.05, 0.1) is 16.4 Å². The molecule has 84 valence electrons. The van der Waals surface area contributed by atoms with Crippen molar-refractivity contribution in [2.75, 3.05) is 5.73 Å². The molecule has 0 amide bonds. The van der Waals surface area contributed by atoms with Gasteiger partial charge in [0, 0.05) is 12.6 Å². The summed E-state index contributed by atoms with van der Waals surface area (Å²) in [7, 11) is 1.81. The van der Waals surface area contributed by atoms with Crippen LogP contribution in [0.2, 0.25) is 5.02 Å². The van der Waals surface area contributed by atoms with E-state index >= 15 is 0 Å². The van der Waals surface area contributed by atoms with Crippen molar-refractivity contribution < 1.29 is 4.39 Å². The summed E-state index contributed by atoms with van der Waals surface area (Å²) in [6, 6.07) is 4.56. The minimum absolute atomic E-state index is 0.0941. The highest BCUT2D eigenvalue weighted by Crippen LogP contribution is 2.28. The number of nitrogens with zero attached hydrogens (tertiary/aromatic N) is 2. The van der Waals surface area contributed by atoms with Gasteiger partial charge in [0.15, 0.2) is 0 Å². The van der Waals surface area contributed by atoms with Gasteiger partial charge in [-0.2, -0.15) is 0 Å². The van der Waals surface area contributed by atoms with Crippen molar-refractivity contribution in [3.8, 4) is 11.3 Å². The second-order valence-electron chi connectivity index (χ2n) is 3.59. The molecule has 0 spiro atoms. The highest BCUT2D eigenvalue weighted by Gasteiger charge is 2.12. The fourth-order valence-corrected chi connectivity index (χ4v) is 1.88. The van der Waals surface area contributed by atoms with Crippen LogP contribution in [0.1, 0.15) is 5.69 Å². The number of hydrogen-bond donors (Lipinski definition) is 1. The molecule has 0 atom stereocenters. The summed E-state index contributed by atoms with van der Waals surface area (Å²) < 4.78 is 14.8. The Balaban J connectivity index is 2.63. The van der Waals surface area contributed by atoms with Crippen molar-refractivity contribution in [1.82, 2.24) is 9.55 Å². The van der Waals surface area contributed by atoms with Gasteiger partial charge in [-0.15, -0.1) is 0 Å². The lowest BCUT2D eigenvalue weighted by atomic mass is 10.1. The topological polar surface area (TPSA) is 43.8 Å². The molecule has 0 fully saturated rings. The van der Waals surface area contributed by atoms with Gasteiger partial charge in [-0.05, 0) is 25.1 Å². The number of aromatic nitrogens is 2. The molecule has 5 heteroatoms. The Morgan fingerprint density at radius 2 is 2.12 bits per heavy atom. The van der Waals surface area contributed by atoms with Gasteiger partial charge >= 0.3 is 0 Å². The third kappa shape index (κ3) is 1.65. The summed E-state index contributed by atoms with van der Waals surface area (Å²) in [6.07, 6.45) is 0. The maximum absolute atomic E-state index is 13.0. The van der Waals surface area contributed by atoms with Crippen LogP contribution >= 0.6 is 11.6 Å². The Morgan fingerprint density at radius 1 is 1.44 bits per heavy atom. The molecule has 0 radical (unpaired) electrons. The zero-order valence-electron chi connectivity index (χ0n) is 8.96. The van der Waals surface area contributed by atoms with E-state index in [0.29, 0.717) is 5.95 Å². The molecule has 0 saturated heterocycles. The first-order valence-electron chi connectivity index (χ1n) is 4.75. The maximum Gasteiger partial charge on any atom is 0.200 e. The number of hydrogen-bond acceptors (Lipinski definition) is 2. The SMILES string of the molecule is Cc1nc(N)n(C)c1-c1ccc(F)c(Cl)c1. The Labute approximate surface area is 97.7 Å². The van der Waals surface area contributed by atoms with E-state index in [0.717, 1.165) is 17.0 Å². The maximum atomic E-state index is 13.0. The van der Waals surface area contributed by atoms with E-state index < -0.39 is 5.82 Å². The highest BCUT2D eigenvalue weighted by atomic mass is 35.5. The molecule has 0 aliphatic rings. The van der Waals surface area contributed by atoms with Crippen LogP contribution < -0.4 is 5.73 Å². The van der Waals surface area contributed by atoms with E-state index in [1.807, 2.05) is 14.0 Å². The Morgan fingerprint density at radius 3 is 2.62 bits per heavy atom. The zero-order valence-corrected chi connectivity index (χ0v) is 9.72. The van der Waals surface area contributed by atoms with Crippen LogP contribution in [-0.4, -0.2) is 9.55 Å². The molecule has 1 heterocycles. The smallest absolute Gasteiger partial charge is 0.200 e. The van der Waals surface area contributed by atoms with E-state index in [-0.39, 0.29) is 5.02 Å². The van der Waals surface area contributed by atoms with Crippen LogP contribution in [-0.2, 0) is 7.05 Å². The molecule has 2 rings (SSSR count). The van der Waals surface area contributed by atoms with Crippen molar-refractivity contribution in [3.63, 3.8) is 0 Å². The standard InChI is InChI=1S/C11H11ClFN3/c1-6-10(16(2)11(14)15-6)7-3-4-9(13)8(12)5-7/h3-5H,1-2H3,(H2,14,15). The molecule has 16 heavy (non-hydrogen) atoms. The molecule has 3 nitrogen and oxygen atoms in total. The third-order valence-corrected chi connectivity index (χ3v) is 2.79. The van der Waals surface area contributed by atoms with Crippen molar-refractivity contribution >= 4 is 17.5 Å². The molecular weight excluding hydrogens is 229 g/mol. The van der Waals surface area contributed by atoms with Crippen LogP contribution in [0, 0.1) is 12.7 Å². The number of nitrogens with two attached hydrogens (primary N) is 1. The number of halogens is 2. The lowest BCUT2D eigenvalue weighted by Gasteiger charge is -2.05. The predicted molar refractivity (Wildman–Crippen MR) is 62.8 cm³/mol. The molecule has 0 aliphatic carbocycles. The minimum Gasteiger partial charge on any atom is -0.369 e. The summed E-state index contributed by atoms with van der Waals surface area (Å²) >= 11 is 5.74. The summed E-state index contributed by atoms with van der Waals surface area (Å²) in [5.74, 6) is -0.00819. The third-order valence-electron chi connectivity index (χ3n) is 2.50. The first-order chi connectivity index (χ1) is 7.50. The van der Waals surface area contributed by atoms with Gasteiger partial charge in [-0.1, -0.05) is 11.6 Å². The van der Waals surface area contributed by atoms with E-state index in [9.17, 15) is 4.39 Å². The fraction of sp³-hybridized carbons (Fsp3) is 0.182. The number of benzene rings is 1. The quantitative estimate of drug-likeness (QED) is 0.832. The number of nitrogen functional groups attached to an aromatic ring is 1. The van der Waals surface area contributed by atoms with Crippen molar-refractivity contribution in [1.29, 1.82) is 0 Å². The summed E-state index contributed by atoms with van der Waals surface area (Å²) in [6.45, 7) is 1.85. The number of anilines is 1. The largest absolute Gasteiger partial charge is 0.369 e. The van der Waals surface area contributed by atoms with Gasteiger partial charge in [0.1, 0.15) is 5.82 Å². The van der Waals surface area contributed by atoms with Crippen molar-refractivity contribution in [2.45, 2.75) is 6.92 Å². The van der Waals surface area contributed by atoms with E-state index in [1.165, 1.54) is 6.07 Å². The van der Waals surface area contributed by atoms with Crippen LogP contribution in [0.25, 0.3) is 11.3 Å². The summed E-state index contributed by atoms with van der Waals surface area (Å²) in [4.78, 5) is 4.14. The van der Waals surface area contributed by atoms with E-state index in [2.05, 4.69) is 4.98 Å². The van der Waals surface area contributed by atoms with Gasteiger partial charge in [0.2, 0.25) is 5.95 Å². The lowest BCUT2D eigenvalue weighted by molar-refractivity contribution is 0.628. The monoisotopic (exact) mass is 239 g/mol. The zero-order chi connectivity index (χ0) is 11.9. The Hall–Kier alpha value is -1.55. The Kier molecular flexibility index (Phi) is 2.59. The second kappa shape index (κ2) is 3.79. The minimum atomic E-state index is -0.432. The van der Waals surface area contributed by atoms with Gasteiger partial charge in [0.25, 0.3) is 0 Å². The molecule has 0 bridgehead atoms. The molecule has 0 unspecified atom stereocenters. The van der Waals surface area contributed by atoms with Crippen LogP contribution in [0.15, 0.2) is 18.2 Å². The first-order valence-corrected chi connectivity index (χ1v) is 5.12. The molecule has 2 N–H and O–H groups in total. The normalized spacial score (nSPS) is 10.8. The van der Waals surface area contributed by atoms with Crippen LogP contribution in [0.4, 0.5) is 10.3 Å². The van der Waals surface area contributed by atoms with Gasteiger partial charge in [-0.25, -0.2) is 9.37 Å². The van der Waals surface area contributed by atoms with E-state index in [4.69, 9.17) is 17.3 Å². The summed E-state index contributed by atoms with van der Waals surface area (Å²) in [5, 5.41) is 0.0941. The molecule has 0 aliphatic heterocycles. The Bertz CT molecular complexity index is 548. The van der Waals surface area contributed by atoms with Crippen molar-refractivity contribution in [3.05, 3.63) is 34.7 Å². The van der Waals surface area contributed by atoms with Gasteiger partial charge in [-0.3, -0.25) is 0 Å². The average molecular weight is 240 g/mol. The second-order valence-corrected chi connectivity index (χ2v) is 4.00. The van der Waals surface area contributed by atoms with Gasteiger partial charge < -0.3 is 10.3 Å². The molecule has 2 aromatic rings. The van der Waals surface area contributed by atoms with E-state index in [1.54, 1.807) is 16.7 Å². The fourth-order valence-electron chi connectivity index (χ4n) is 1.70. The number of rotatable bonds is 1. The summed E-state index contributed by atoms with van der Waals surface area (Å²) in [5.41, 5.74) is 8.13. The lowest BCUT2D eigenvalue weighted by Crippen LogP contribution is -1.98. The molecule has 1 aromatic heterocycles. The molecule has 1 aromatic carbocycles. The number of imidazole rings is 1. The van der Waals surface area contributed by atoms with Crippen molar-refractivity contribution in [2.24, 2.45) is 7.05 Å². The molecule has 0 saturated carbocycles. The van der Waals surface area contributed by atoms with Crippen LogP contribution in [0.5, 0.6) is 0 Å². The highest BCUT2D eigenvalue weighted by molar-refractivity contribution is 6.31. The average Bonchev–Trinajstić information content (AvgIpc) is 2.47. The van der Waals surface area contributed by atoms with Crippen LogP contribution in [0.3, 0.4) is 0 Å².